The second-order valence-corrected chi connectivity index (χ2v) is 7.85. The summed E-state index contributed by atoms with van der Waals surface area (Å²) in [6, 6.07) is 0. The number of thioether (sulfide) groups is 1. The summed E-state index contributed by atoms with van der Waals surface area (Å²) in [6.45, 7) is 9.75. The minimum Gasteiger partial charge on any atom is -0.310 e. The van der Waals surface area contributed by atoms with Crippen LogP contribution in [0.4, 0.5) is 0 Å². The first kappa shape index (κ1) is 15.7. The van der Waals surface area contributed by atoms with Gasteiger partial charge in [0.15, 0.2) is 0 Å². The zero-order valence-electron chi connectivity index (χ0n) is 13.1. The molecule has 112 valence electrons. The van der Waals surface area contributed by atoms with E-state index in [2.05, 4.69) is 42.1 Å². The van der Waals surface area contributed by atoms with Crippen LogP contribution in [0, 0.1) is 0 Å². The minimum atomic E-state index is 0.370. The van der Waals surface area contributed by atoms with E-state index in [9.17, 15) is 0 Å². The van der Waals surface area contributed by atoms with Crippen molar-refractivity contribution in [1.82, 2.24) is 10.2 Å². The molecule has 0 aromatic rings. The predicted molar refractivity (Wildman–Crippen MR) is 87.1 cm³/mol. The first-order valence-electron chi connectivity index (χ1n) is 8.20. The van der Waals surface area contributed by atoms with Gasteiger partial charge in [0.2, 0.25) is 0 Å². The molecule has 0 unspecified atom stereocenters. The minimum absolute atomic E-state index is 0.370. The number of nitrogens with zero attached hydrogens (tertiary/aromatic N) is 1. The van der Waals surface area contributed by atoms with Gasteiger partial charge >= 0.3 is 0 Å². The summed E-state index contributed by atoms with van der Waals surface area (Å²) in [5.74, 6) is 0. The summed E-state index contributed by atoms with van der Waals surface area (Å²) < 4.78 is 0.567. The summed E-state index contributed by atoms with van der Waals surface area (Å²) in [5, 5.41) is 3.83. The molecule has 0 bridgehead atoms. The maximum Gasteiger partial charge on any atom is 0.0303 e. The molecule has 0 atom stereocenters. The molecule has 2 nitrogen and oxygen atoms in total. The summed E-state index contributed by atoms with van der Waals surface area (Å²) in [6.07, 6.45) is 11.9. The fraction of sp³-hybridized carbons (Fsp3) is 1.00. The Morgan fingerprint density at radius 2 is 1.79 bits per heavy atom. The quantitative estimate of drug-likeness (QED) is 0.831. The van der Waals surface area contributed by atoms with Crippen molar-refractivity contribution >= 4 is 11.8 Å². The van der Waals surface area contributed by atoms with Crippen molar-refractivity contribution in [3.63, 3.8) is 0 Å². The molecular weight excluding hydrogens is 252 g/mol. The Morgan fingerprint density at radius 3 is 2.37 bits per heavy atom. The third-order valence-electron chi connectivity index (χ3n) is 5.49. The molecule has 2 rings (SSSR count). The first-order chi connectivity index (χ1) is 9.17. The van der Waals surface area contributed by atoms with E-state index in [1.54, 1.807) is 0 Å². The molecule has 1 heterocycles. The van der Waals surface area contributed by atoms with Crippen molar-refractivity contribution < 1.29 is 0 Å². The van der Waals surface area contributed by atoms with Crippen LogP contribution in [0.15, 0.2) is 0 Å². The zero-order chi connectivity index (χ0) is 13.8. The lowest BCUT2D eigenvalue weighted by molar-refractivity contribution is 0.183. The van der Waals surface area contributed by atoms with E-state index in [0.29, 0.717) is 10.3 Å². The van der Waals surface area contributed by atoms with E-state index in [1.165, 1.54) is 71.1 Å². The fourth-order valence-corrected chi connectivity index (χ4v) is 4.94. The van der Waals surface area contributed by atoms with E-state index in [-0.39, 0.29) is 0 Å². The standard InChI is InChI=1S/C16H32N2S/c1-4-15(5-2)13-18(12-8-11-17-15)14-16(19-3)9-6-7-10-16/h17H,4-14H2,1-3H3. The lowest BCUT2D eigenvalue weighted by Crippen LogP contribution is -2.52. The molecule has 2 fully saturated rings. The van der Waals surface area contributed by atoms with Crippen molar-refractivity contribution in [3.8, 4) is 0 Å². The number of hydrogen-bond acceptors (Lipinski definition) is 3. The normalized spacial score (nSPS) is 27.3. The molecule has 0 radical (unpaired) electrons. The highest BCUT2D eigenvalue weighted by molar-refractivity contribution is 8.00. The molecule has 1 saturated heterocycles. The lowest BCUT2D eigenvalue weighted by atomic mass is 9.92. The van der Waals surface area contributed by atoms with Crippen LogP contribution in [0.2, 0.25) is 0 Å². The molecule has 1 aliphatic carbocycles. The number of rotatable bonds is 5. The van der Waals surface area contributed by atoms with Gasteiger partial charge in [0, 0.05) is 23.4 Å². The van der Waals surface area contributed by atoms with Crippen LogP contribution in [-0.4, -0.2) is 47.6 Å². The molecule has 1 saturated carbocycles. The number of hydrogen-bond donors (Lipinski definition) is 1. The Labute approximate surface area is 124 Å². The average molecular weight is 285 g/mol. The summed E-state index contributed by atoms with van der Waals surface area (Å²) in [5.41, 5.74) is 0.370. The van der Waals surface area contributed by atoms with Crippen LogP contribution >= 0.6 is 11.8 Å². The third-order valence-corrected chi connectivity index (χ3v) is 6.89. The van der Waals surface area contributed by atoms with Gasteiger partial charge in [0.25, 0.3) is 0 Å². The Balaban J connectivity index is 2.02. The van der Waals surface area contributed by atoms with Gasteiger partial charge in [0.05, 0.1) is 0 Å². The van der Waals surface area contributed by atoms with E-state index in [1.807, 2.05) is 0 Å². The molecule has 1 aliphatic heterocycles. The van der Waals surface area contributed by atoms with E-state index in [0.717, 1.165) is 0 Å². The summed E-state index contributed by atoms with van der Waals surface area (Å²) in [4.78, 5) is 2.77. The molecule has 0 aromatic heterocycles. The van der Waals surface area contributed by atoms with Crippen molar-refractivity contribution in [2.24, 2.45) is 0 Å². The van der Waals surface area contributed by atoms with Crippen LogP contribution in [-0.2, 0) is 0 Å². The highest BCUT2D eigenvalue weighted by Gasteiger charge is 2.37. The molecule has 0 aromatic carbocycles. The maximum absolute atomic E-state index is 3.83. The molecule has 1 N–H and O–H groups in total. The second kappa shape index (κ2) is 6.82. The van der Waals surface area contributed by atoms with Gasteiger partial charge in [-0.05, 0) is 51.4 Å². The second-order valence-electron chi connectivity index (χ2n) is 6.57. The van der Waals surface area contributed by atoms with E-state index < -0.39 is 0 Å². The zero-order valence-corrected chi connectivity index (χ0v) is 14.0. The Morgan fingerprint density at radius 1 is 1.11 bits per heavy atom. The first-order valence-corrected chi connectivity index (χ1v) is 9.42. The van der Waals surface area contributed by atoms with Crippen molar-refractivity contribution in [3.05, 3.63) is 0 Å². The van der Waals surface area contributed by atoms with Gasteiger partial charge in [-0.3, -0.25) is 0 Å². The SMILES string of the molecule is CCC1(CC)CN(CC2(SC)CCCC2)CCCN1. The molecule has 19 heavy (non-hydrogen) atoms. The highest BCUT2D eigenvalue weighted by Crippen LogP contribution is 2.41. The van der Waals surface area contributed by atoms with E-state index >= 15 is 0 Å². The van der Waals surface area contributed by atoms with Gasteiger partial charge in [-0.1, -0.05) is 26.7 Å². The van der Waals surface area contributed by atoms with Crippen molar-refractivity contribution in [2.45, 2.75) is 69.1 Å². The van der Waals surface area contributed by atoms with E-state index in [4.69, 9.17) is 0 Å². The van der Waals surface area contributed by atoms with Gasteiger partial charge in [-0.2, -0.15) is 11.8 Å². The molecule has 0 amide bonds. The van der Waals surface area contributed by atoms with Gasteiger partial charge in [0.1, 0.15) is 0 Å². The monoisotopic (exact) mass is 284 g/mol. The topological polar surface area (TPSA) is 15.3 Å². The fourth-order valence-electron chi connectivity index (χ4n) is 3.93. The van der Waals surface area contributed by atoms with Crippen LogP contribution in [0.5, 0.6) is 0 Å². The Kier molecular flexibility index (Phi) is 5.62. The average Bonchev–Trinajstić information content (AvgIpc) is 2.81. The molecule has 2 aliphatic rings. The molecule has 0 spiro atoms. The predicted octanol–water partition coefficient (Wildman–Crippen LogP) is 3.52. The van der Waals surface area contributed by atoms with Crippen LogP contribution in [0.1, 0.15) is 58.8 Å². The van der Waals surface area contributed by atoms with Crippen LogP contribution in [0.3, 0.4) is 0 Å². The third kappa shape index (κ3) is 3.68. The smallest absolute Gasteiger partial charge is 0.0303 e. The largest absolute Gasteiger partial charge is 0.310 e. The van der Waals surface area contributed by atoms with Crippen molar-refractivity contribution in [2.75, 3.05) is 32.4 Å². The van der Waals surface area contributed by atoms with Gasteiger partial charge < -0.3 is 10.2 Å². The van der Waals surface area contributed by atoms with Crippen LogP contribution in [0.25, 0.3) is 0 Å². The van der Waals surface area contributed by atoms with Gasteiger partial charge in [-0.25, -0.2) is 0 Å². The maximum atomic E-state index is 3.83. The van der Waals surface area contributed by atoms with Gasteiger partial charge in [-0.15, -0.1) is 0 Å². The lowest BCUT2D eigenvalue weighted by Gasteiger charge is -2.39. The Hall–Kier alpha value is 0.270. The highest BCUT2D eigenvalue weighted by atomic mass is 32.2. The Bertz CT molecular complexity index is 270. The van der Waals surface area contributed by atoms with Crippen LogP contribution < -0.4 is 5.32 Å². The van der Waals surface area contributed by atoms with Crippen molar-refractivity contribution in [1.29, 1.82) is 0 Å². The molecular formula is C16H32N2S. The summed E-state index contributed by atoms with van der Waals surface area (Å²) >= 11 is 2.13. The summed E-state index contributed by atoms with van der Waals surface area (Å²) in [7, 11) is 0. The molecule has 3 heteroatoms. The number of nitrogens with one attached hydrogen (secondary N) is 1.